The zero-order chi connectivity index (χ0) is 20.0. The van der Waals surface area contributed by atoms with Gasteiger partial charge in [-0.1, -0.05) is 64.7 Å². The number of nitrogens with one attached hydrogen (secondary N) is 1. The molecule has 140 valence electrons. The first-order valence-electron chi connectivity index (χ1n) is 9.38. The third kappa shape index (κ3) is 3.20. The minimum atomic E-state index is -0.946. The van der Waals surface area contributed by atoms with Gasteiger partial charge in [-0.15, -0.1) is 0 Å². The predicted molar refractivity (Wildman–Crippen MR) is 115 cm³/mol. The van der Waals surface area contributed by atoms with E-state index in [1.165, 1.54) is 11.1 Å². The summed E-state index contributed by atoms with van der Waals surface area (Å²) in [4.78, 5) is 15.1. The second-order valence-corrected chi connectivity index (χ2v) is 7.69. The molecule has 0 saturated carbocycles. The number of carbonyl (C=O) groups is 1. The summed E-state index contributed by atoms with van der Waals surface area (Å²) >= 11 is 0. The molecule has 0 saturated heterocycles. The van der Waals surface area contributed by atoms with Crippen LogP contribution in [-0.4, -0.2) is 16.1 Å². The van der Waals surface area contributed by atoms with Crippen molar-refractivity contribution in [2.24, 2.45) is 0 Å². The maximum atomic E-state index is 11.9. The zero-order valence-corrected chi connectivity index (χ0v) is 16.6. The Hall–Kier alpha value is -3.33. The second kappa shape index (κ2) is 6.68. The van der Waals surface area contributed by atoms with Crippen molar-refractivity contribution in [3.05, 3.63) is 82.5 Å². The van der Waals surface area contributed by atoms with Gasteiger partial charge in [-0.05, 0) is 56.5 Å². The van der Waals surface area contributed by atoms with Crippen LogP contribution in [0.1, 0.15) is 32.7 Å². The Labute approximate surface area is 164 Å². The highest BCUT2D eigenvalue weighted by molar-refractivity contribution is 6.08. The maximum Gasteiger partial charge on any atom is 0.352 e. The molecule has 0 amide bonds. The molecule has 28 heavy (non-hydrogen) atoms. The van der Waals surface area contributed by atoms with Gasteiger partial charge in [0.25, 0.3) is 0 Å². The summed E-state index contributed by atoms with van der Waals surface area (Å²) in [6.45, 7) is 8.25. The Morgan fingerprint density at radius 3 is 1.79 bits per heavy atom. The van der Waals surface area contributed by atoms with Gasteiger partial charge in [0.1, 0.15) is 5.69 Å². The summed E-state index contributed by atoms with van der Waals surface area (Å²) in [5.74, 6) is -0.946. The molecule has 3 nitrogen and oxygen atoms in total. The average molecular weight is 369 g/mol. The largest absolute Gasteiger partial charge is 0.477 e. The van der Waals surface area contributed by atoms with E-state index in [0.717, 1.165) is 44.3 Å². The fraction of sp³-hybridized carbons (Fsp3) is 0.160. The SMILES string of the molecule is Cc1cc(C)cc(-c2ccc3[nH]c(C(=O)O)c(-c4cc(C)cc(C)c4)c3c2)c1. The quantitative estimate of drug-likeness (QED) is 0.437. The van der Waals surface area contributed by atoms with Crippen LogP contribution >= 0.6 is 0 Å². The van der Waals surface area contributed by atoms with Gasteiger partial charge in [-0.25, -0.2) is 4.79 Å². The van der Waals surface area contributed by atoms with Gasteiger partial charge in [0.15, 0.2) is 0 Å². The summed E-state index contributed by atoms with van der Waals surface area (Å²) in [7, 11) is 0. The van der Waals surface area contributed by atoms with Crippen LogP contribution in [-0.2, 0) is 0 Å². The number of aromatic nitrogens is 1. The first-order valence-corrected chi connectivity index (χ1v) is 9.38. The van der Waals surface area contributed by atoms with E-state index in [9.17, 15) is 9.90 Å². The van der Waals surface area contributed by atoms with Crippen LogP contribution in [0.2, 0.25) is 0 Å². The summed E-state index contributed by atoms with van der Waals surface area (Å²) in [6.07, 6.45) is 0. The molecule has 0 fully saturated rings. The van der Waals surface area contributed by atoms with Crippen LogP contribution in [0.15, 0.2) is 54.6 Å². The molecule has 0 aliphatic rings. The molecule has 2 N–H and O–H groups in total. The number of fused-ring (bicyclic) bond motifs is 1. The molecule has 0 spiro atoms. The lowest BCUT2D eigenvalue weighted by Crippen LogP contribution is -1.99. The summed E-state index contributed by atoms with van der Waals surface area (Å²) in [5.41, 5.74) is 9.63. The third-order valence-electron chi connectivity index (χ3n) is 5.08. The lowest BCUT2D eigenvalue weighted by molar-refractivity contribution is 0.0692. The van der Waals surface area contributed by atoms with E-state index in [1.807, 2.05) is 38.1 Å². The van der Waals surface area contributed by atoms with Crippen LogP contribution in [0.3, 0.4) is 0 Å². The van der Waals surface area contributed by atoms with E-state index in [2.05, 4.69) is 49.2 Å². The van der Waals surface area contributed by atoms with Crippen molar-refractivity contribution in [3.8, 4) is 22.3 Å². The fourth-order valence-electron chi connectivity index (χ4n) is 4.09. The number of hydrogen-bond donors (Lipinski definition) is 2. The van der Waals surface area contributed by atoms with E-state index in [0.29, 0.717) is 0 Å². The van der Waals surface area contributed by atoms with Gasteiger partial charge in [0.05, 0.1) is 0 Å². The first-order chi connectivity index (χ1) is 13.3. The maximum absolute atomic E-state index is 11.9. The highest BCUT2D eigenvalue weighted by Gasteiger charge is 2.19. The van der Waals surface area contributed by atoms with Crippen molar-refractivity contribution < 1.29 is 9.90 Å². The zero-order valence-electron chi connectivity index (χ0n) is 16.6. The molecule has 1 aromatic heterocycles. The van der Waals surface area contributed by atoms with Crippen molar-refractivity contribution in [1.82, 2.24) is 4.98 Å². The van der Waals surface area contributed by atoms with Crippen molar-refractivity contribution in [1.29, 1.82) is 0 Å². The highest BCUT2D eigenvalue weighted by atomic mass is 16.4. The number of aryl methyl sites for hydroxylation is 4. The molecule has 4 aromatic rings. The highest BCUT2D eigenvalue weighted by Crippen LogP contribution is 2.36. The Morgan fingerprint density at radius 1 is 0.714 bits per heavy atom. The number of rotatable bonds is 3. The molecule has 3 aromatic carbocycles. The Morgan fingerprint density at radius 2 is 1.25 bits per heavy atom. The van der Waals surface area contributed by atoms with Crippen LogP contribution in [0.4, 0.5) is 0 Å². The van der Waals surface area contributed by atoms with Crippen molar-refractivity contribution in [2.45, 2.75) is 27.7 Å². The number of hydrogen-bond acceptors (Lipinski definition) is 1. The second-order valence-electron chi connectivity index (χ2n) is 7.69. The molecule has 0 unspecified atom stereocenters. The molecular formula is C25H23NO2. The fourth-order valence-corrected chi connectivity index (χ4v) is 4.09. The number of aromatic carboxylic acids is 1. The van der Waals surface area contributed by atoms with Gasteiger partial charge in [-0.2, -0.15) is 0 Å². The van der Waals surface area contributed by atoms with Gasteiger partial charge < -0.3 is 10.1 Å². The molecule has 1 heterocycles. The van der Waals surface area contributed by atoms with Crippen molar-refractivity contribution in [3.63, 3.8) is 0 Å². The molecule has 0 aliphatic heterocycles. The van der Waals surface area contributed by atoms with Crippen molar-refractivity contribution >= 4 is 16.9 Å². The Balaban J connectivity index is 2.01. The molecule has 0 atom stereocenters. The molecular weight excluding hydrogens is 346 g/mol. The third-order valence-corrected chi connectivity index (χ3v) is 5.08. The number of H-pyrrole nitrogens is 1. The predicted octanol–water partition coefficient (Wildman–Crippen LogP) is 6.43. The average Bonchev–Trinajstić information content (AvgIpc) is 2.99. The summed E-state index contributed by atoms with van der Waals surface area (Å²) < 4.78 is 0. The molecule has 0 aliphatic carbocycles. The molecule has 4 rings (SSSR count). The smallest absolute Gasteiger partial charge is 0.352 e. The number of benzene rings is 3. The lowest BCUT2D eigenvalue weighted by Gasteiger charge is -2.08. The number of carboxylic acid groups (broad SMARTS) is 1. The standard InChI is InChI=1S/C25H23NO2/c1-14-7-15(2)10-19(9-14)18-5-6-22-21(13-18)23(24(26-22)25(27)28)20-11-16(3)8-17(4)12-20/h5-13,26H,1-4H3,(H,27,28). The van der Waals surface area contributed by atoms with Crippen LogP contribution in [0, 0.1) is 27.7 Å². The summed E-state index contributed by atoms with van der Waals surface area (Å²) in [5, 5.41) is 10.7. The lowest BCUT2D eigenvalue weighted by atomic mass is 9.95. The molecule has 0 radical (unpaired) electrons. The summed E-state index contributed by atoms with van der Waals surface area (Å²) in [6, 6.07) is 18.8. The molecule has 3 heteroatoms. The normalized spacial score (nSPS) is 11.1. The number of aromatic amines is 1. The molecule has 0 bridgehead atoms. The van der Waals surface area contributed by atoms with Gasteiger partial charge >= 0.3 is 5.97 Å². The van der Waals surface area contributed by atoms with E-state index in [4.69, 9.17) is 0 Å². The first kappa shape index (κ1) is 18.1. The van der Waals surface area contributed by atoms with E-state index in [1.54, 1.807) is 0 Å². The van der Waals surface area contributed by atoms with E-state index >= 15 is 0 Å². The Bertz CT molecular complexity index is 1190. The van der Waals surface area contributed by atoms with Crippen LogP contribution in [0.25, 0.3) is 33.2 Å². The monoisotopic (exact) mass is 369 g/mol. The van der Waals surface area contributed by atoms with Crippen molar-refractivity contribution in [2.75, 3.05) is 0 Å². The van der Waals surface area contributed by atoms with Gasteiger partial charge in [0, 0.05) is 16.5 Å². The van der Waals surface area contributed by atoms with E-state index in [-0.39, 0.29) is 5.69 Å². The topological polar surface area (TPSA) is 53.1 Å². The number of carboxylic acids is 1. The minimum absolute atomic E-state index is 0.234. The van der Waals surface area contributed by atoms with E-state index < -0.39 is 5.97 Å². The van der Waals surface area contributed by atoms with Gasteiger partial charge in [-0.3, -0.25) is 0 Å². The van der Waals surface area contributed by atoms with Crippen LogP contribution < -0.4 is 0 Å². The van der Waals surface area contributed by atoms with Gasteiger partial charge in [0.2, 0.25) is 0 Å². The Kier molecular flexibility index (Phi) is 4.31. The minimum Gasteiger partial charge on any atom is -0.477 e. The van der Waals surface area contributed by atoms with Crippen LogP contribution in [0.5, 0.6) is 0 Å².